The topological polar surface area (TPSA) is 55.1 Å². The highest BCUT2D eigenvalue weighted by atomic mass is 32.2. The fraction of sp³-hybridized carbons (Fsp3) is 0.182. The smallest absolute Gasteiger partial charge is 0.287 e. The molecule has 2 heterocycles. The van der Waals surface area contributed by atoms with E-state index in [0.29, 0.717) is 30.1 Å². The molecule has 29 heavy (non-hydrogen) atoms. The minimum Gasteiger partial charge on any atom is -0.451 e. The second kappa shape index (κ2) is 8.80. The van der Waals surface area contributed by atoms with E-state index in [1.165, 1.54) is 12.1 Å². The zero-order chi connectivity index (χ0) is 20.2. The monoisotopic (exact) mass is 426 g/mol. The van der Waals surface area contributed by atoms with Crippen molar-refractivity contribution in [3.05, 3.63) is 82.3 Å². The third-order valence-electron chi connectivity index (χ3n) is 4.43. The number of aryl methyl sites for hydroxylation is 1. The highest BCUT2D eigenvalue weighted by Gasteiger charge is 2.20. The highest BCUT2D eigenvalue weighted by molar-refractivity contribution is 8.00. The van der Waals surface area contributed by atoms with Crippen molar-refractivity contribution in [1.82, 2.24) is 10.3 Å². The van der Waals surface area contributed by atoms with E-state index in [2.05, 4.69) is 10.3 Å². The first-order valence-corrected chi connectivity index (χ1v) is 11.0. The van der Waals surface area contributed by atoms with Crippen LogP contribution in [0.1, 0.15) is 27.4 Å². The van der Waals surface area contributed by atoms with Crippen LogP contribution in [0.15, 0.2) is 62.7 Å². The summed E-state index contributed by atoms with van der Waals surface area (Å²) in [6.07, 6.45) is 0.548. The lowest BCUT2D eigenvalue weighted by Crippen LogP contribution is -2.26. The number of carbonyl (C=O) groups excluding carboxylic acids is 1. The van der Waals surface area contributed by atoms with Crippen LogP contribution < -0.4 is 5.32 Å². The summed E-state index contributed by atoms with van der Waals surface area (Å²) < 4.78 is 20.1. The molecule has 0 bridgehead atoms. The maximum atomic E-state index is 13.3. The number of hydrogen-bond donors (Lipinski definition) is 1. The first-order valence-electron chi connectivity index (χ1n) is 9.18. The number of thiazole rings is 1. The van der Waals surface area contributed by atoms with Crippen LogP contribution in [-0.4, -0.2) is 17.4 Å². The zero-order valence-electron chi connectivity index (χ0n) is 15.8. The Morgan fingerprint density at radius 1 is 1.24 bits per heavy atom. The Balaban J connectivity index is 1.50. The van der Waals surface area contributed by atoms with Gasteiger partial charge in [0.2, 0.25) is 0 Å². The second-order valence-electron chi connectivity index (χ2n) is 6.59. The van der Waals surface area contributed by atoms with Gasteiger partial charge in [0, 0.05) is 34.3 Å². The van der Waals surface area contributed by atoms with Crippen LogP contribution in [0.5, 0.6) is 0 Å². The summed E-state index contributed by atoms with van der Waals surface area (Å²) in [5.41, 5.74) is 3.38. The Kier molecular flexibility index (Phi) is 5.97. The molecule has 4 nitrogen and oxygen atoms in total. The van der Waals surface area contributed by atoms with Gasteiger partial charge in [0.15, 0.2) is 5.76 Å². The predicted molar refractivity (Wildman–Crippen MR) is 115 cm³/mol. The number of para-hydroxylation sites is 1. The Hall–Kier alpha value is -2.64. The van der Waals surface area contributed by atoms with E-state index in [0.717, 1.165) is 26.5 Å². The average Bonchev–Trinajstić information content (AvgIpc) is 3.29. The lowest BCUT2D eigenvalue weighted by atomic mass is 10.1. The summed E-state index contributed by atoms with van der Waals surface area (Å²) in [5, 5.41) is 5.84. The quantitative estimate of drug-likeness (QED) is 0.391. The maximum Gasteiger partial charge on any atom is 0.287 e. The van der Waals surface area contributed by atoms with Crippen molar-refractivity contribution >= 4 is 40.0 Å². The average molecular weight is 427 g/mol. The molecular formula is C22H19FN2O2S2. The molecule has 148 valence electrons. The van der Waals surface area contributed by atoms with E-state index in [1.807, 2.05) is 42.6 Å². The third kappa shape index (κ3) is 4.68. The lowest BCUT2D eigenvalue weighted by molar-refractivity contribution is 0.0927. The third-order valence-corrected chi connectivity index (χ3v) is 6.60. The van der Waals surface area contributed by atoms with Gasteiger partial charge in [-0.1, -0.05) is 42.1 Å². The predicted octanol–water partition coefficient (Wildman–Crippen LogP) is 5.60. The number of benzene rings is 2. The van der Waals surface area contributed by atoms with Gasteiger partial charge < -0.3 is 9.73 Å². The van der Waals surface area contributed by atoms with E-state index in [-0.39, 0.29) is 11.7 Å². The molecule has 0 atom stereocenters. The Morgan fingerprint density at radius 2 is 2.10 bits per heavy atom. The van der Waals surface area contributed by atoms with Crippen LogP contribution in [-0.2, 0) is 12.2 Å². The van der Waals surface area contributed by atoms with Crippen LogP contribution in [0.2, 0.25) is 0 Å². The van der Waals surface area contributed by atoms with E-state index >= 15 is 0 Å². The van der Waals surface area contributed by atoms with Gasteiger partial charge in [0.05, 0.1) is 0 Å². The summed E-state index contributed by atoms with van der Waals surface area (Å²) in [6, 6.07) is 14.0. The molecule has 1 N–H and O–H groups in total. The van der Waals surface area contributed by atoms with Crippen LogP contribution in [0.3, 0.4) is 0 Å². The molecule has 0 fully saturated rings. The molecular weight excluding hydrogens is 407 g/mol. The number of fused-ring (bicyclic) bond motifs is 1. The van der Waals surface area contributed by atoms with Gasteiger partial charge >= 0.3 is 0 Å². The molecule has 2 aromatic heterocycles. The van der Waals surface area contributed by atoms with Gasteiger partial charge in [0.1, 0.15) is 15.7 Å². The number of carbonyl (C=O) groups is 1. The van der Waals surface area contributed by atoms with Gasteiger partial charge in [-0.25, -0.2) is 9.37 Å². The molecule has 2 aromatic carbocycles. The molecule has 0 saturated carbocycles. The molecule has 0 spiro atoms. The number of amides is 1. The summed E-state index contributed by atoms with van der Waals surface area (Å²) in [7, 11) is 0. The van der Waals surface area contributed by atoms with Crippen LogP contribution in [0.4, 0.5) is 4.39 Å². The van der Waals surface area contributed by atoms with Crippen molar-refractivity contribution in [3.8, 4) is 0 Å². The van der Waals surface area contributed by atoms with E-state index in [1.54, 1.807) is 29.2 Å². The molecule has 0 radical (unpaired) electrons. The van der Waals surface area contributed by atoms with Crippen LogP contribution >= 0.6 is 23.1 Å². The fourth-order valence-electron chi connectivity index (χ4n) is 3.05. The molecule has 0 aliphatic heterocycles. The Bertz CT molecular complexity index is 1150. The minimum atomic E-state index is -0.275. The van der Waals surface area contributed by atoms with Crippen molar-refractivity contribution in [3.63, 3.8) is 0 Å². The Morgan fingerprint density at radius 3 is 2.90 bits per heavy atom. The summed E-state index contributed by atoms with van der Waals surface area (Å²) >= 11 is 3.19. The normalized spacial score (nSPS) is 11.1. The molecule has 0 unspecified atom stereocenters. The SMILES string of the molecule is Cc1csc(SCc2c(C(=O)NCCc3cccc(F)c3)oc3ccccc23)n1. The summed E-state index contributed by atoms with van der Waals surface area (Å²) in [4.78, 5) is 17.3. The minimum absolute atomic E-state index is 0.261. The first kappa shape index (κ1) is 19.7. The van der Waals surface area contributed by atoms with Gasteiger partial charge in [-0.3, -0.25) is 4.79 Å². The van der Waals surface area contributed by atoms with Crippen molar-refractivity contribution < 1.29 is 13.6 Å². The summed E-state index contributed by atoms with van der Waals surface area (Å²) in [5.74, 6) is 0.383. The van der Waals surface area contributed by atoms with Crippen LogP contribution in [0.25, 0.3) is 11.0 Å². The molecule has 4 rings (SSSR count). The van der Waals surface area contributed by atoms with Crippen molar-refractivity contribution in [2.24, 2.45) is 0 Å². The van der Waals surface area contributed by atoms with E-state index in [9.17, 15) is 9.18 Å². The number of nitrogens with one attached hydrogen (secondary N) is 1. The van der Waals surface area contributed by atoms with Gasteiger partial charge in [-0.05, 0) is 37.1 Å². The van der Waals surface area contributed by atoms with Crippen LogP contribution in [0, 0.1) is 12.7 Å². The molecule has 4 aromatic rings. The number of aromatic nitrogens is 1. The standard InChI is InChI=1S/C22H19FN2O2S2/c1-14-12-28-22(25-14)29-13-18-17-7-2-3-8-19(17)27-20(18)21(26)24-10-9-15-5-4-6-16(23)11-15/h2-8,11-12H,9-10,13H2,1H3,(H,24,26). The number of hydrogen-bond acceptors (Lipinski definition) is 5. The lowest BCUT2D eigenvalue weighted by Gasteiger charge is -2.06. The van der Waals surface area contributed by atoms with Crippen molar-refractivity contribution in [2.45, 2.75) is 23.4 Å². The molecule has 7 heteroatoms. The first-order chi connectivity index (χ1) is 14.1. The summed E-state index contributed by atoms with van der Waals surface area (Å²) in [6.45, 7) is 2.36. The number of nitrogens with zero attached hydrogens (tertiary/aromatic N) is 1. The molecule has 0 aliphatic carbocycles. The van der Waals surface area contributed by atoms with Gasteiger partial charge in [-0.2, -0.15) is 0 Å². The number of thioether (sulfide) groups is 1. The van der Waals surface area contributed by atoms with Gasteiger partial charge in [-0.15, -0.1) is 11.3 Å². The fourth-order valence-corrected chi connectivity index (χ4v) is 4.93. The number of rotatable bonds is 7. The van der Waals surface area contributed by atoms with Gasteiger partial charge in [0.25, 0.3) is 5.91 Å². The highest BCUT2D eigenvalue weighted by Crippen LogP contribution is 2.33. The van der Waals surface area contributed by atoms with Crippen molar-refractivity contribution in [1.29, 1.82) is 0 Å². The molecule has 0 aliphatic rings. The molecule has 1 amide bonds. The van der Waals surface area contributed by atoms with E-state index in [4.69, 9.17) is 4.42 Å². The molecule has 0 saturated heterocycles. The zero-order valence-corrected chi connectivity index (χ0v) is 17.4. The number of halogens is 1. The van der Waals surface area contributed by atoms with E-state index < -0.39 is 0 Å². The van der Waals surface area contributed by atoms with Crippen molar-refractivity contribution in [2.75, 3.05) is 6.54 Å². The largest absolute Gasteiger partial charge is 0.451 e. The number of furan rings is 1. The maximum absolute atomic E-state index is 13.3. The Labute approximate surface area is 176 Å². The second-order valence-corrected chi connectivity index (χ2v) is 8.67.